The van der Waals surface area contributed by atoms with E-state index >= 15 is 0 Å². The maximum atomic E-state index is 2.53. The molecule has 0 radical (unpaired) electrons. The van der Waals surface area contributed by atoms with E-state index in [0.29, 0.717) is 0 Å². The molecule has 248 valence electrons. The summed E-state index contributed by atoms with van der Waals surface area (Å²) in [7, 11) is 0. The molecule has 0 bridgehead atoms. The Bertz CT molecular complexity index is 3380. The zero-order valence-corrected chi connectivity index (χ0v) is 29.5. The van der Waals surface area contributed by atoms with Crippen molar-refractivity contribution >= 4 is 75.4 Å². The number of fused-ring (bicyclic) bond motifs is 8. The Morgan fingerprint density at radius 2 is 0.685 bits per heavy atom. The second-order valence-electron chi connectivity index (χ2n) is 14.7. The van der Waals surface area contributed by atoms with E-state index in [9.17, 15) is 0 Å². The summed E-state index contributed by atoms with van der Waals surface area (Å²) in [5.41, 5.74) is 10.1. The van der Waals surface area contributed by atoms with E-state index in [1.165, 1.54) is 120 Å². The van der Waals surface area contributed by atoms with E-state index < -0.39 is 0 Å². The fourth-order valence-corrected chi connectivity index (χ4v) is 9.74. The van der Waals surface area contributed by atoms with Gasteiger partial charge in [0.2, 0.25) is 0 Å². The molecule has 0 aliphatic heterocycles. The second-order valence-corrected chi connectivity index (χ2v) is 14.7. The first-order chi connectivity index (χ1) is 26.8. The SMILES string of the molecule is c1ccc(-c2ccc3c(c2)c2cccc4c5c(-c6ccccc6)c6c7cccc8c(-c9ccccc9)ccc(c6c(-c6ccccc6)c5cc3c24)c87)cc1. The van der Waals surface area contributed by atoms with Crippen LogP contribution < -0.4 is 0 Å². The van der Waals surface area contributed by atoms with Gasteiger partial charge in [-0.25, -0.2) is 0 Å². The second kappa shape index (κ2) is 11.2. The summed E-state index contributed by atoms with van der Waals surface area (Å²) in [6.45, 7) is 0. The zero-order chi connectivity index (χ0) is 35.3. The van der Waals surface area contributed by atoms with Crippen LogP contribution in [0.3, 0.4) is 0 Å². The van der Waals surface area contributed by atoms with Crippen LogP contribution in [0.4, 0.5) is 0 Å². The van der Waals surface area contributed by atoms with Crippen molar-refractivity contribution in [3.05, 3.63) is 194 Å². The summed E-state index contributed by atoms with van der Waals surface area (Å²) in [6.07, 6.45) is 0. The van der Waals surface area contributed by atoms with Gasteiger partial charge in [0.25, 0.3) is 0 Å². The number of rotatable bonds is 4. The molecule has 0 aliphatic rings. The highest BCUT2D eigenvalue weighted by atomic mass is 14.3. The normalized spacial score (nSPS) is 12.1. The maximum Gasteiger partial charge on any atom is -0.000719 e. The van der Waals surface area contributed by atoms with Crippen molar-refractivity contribution in [2.24, 2.45) is 0 Å². The summed E-state index contributed by atoms with van der Waals surface area (Å²) in [5, 5.41) is 18.5. The van der Waals surface area contributed by atoms with Gasteiger partial charge in [0.05, 0.1) is 0 Å². The first-order valence-corrected chi connectivity index (χ1v) is 18.9. The topological polar surface area (TPSA) is 0 Å². The molecule has 0 heterocycles. The van der Waals surface area contributed by atoms with E-state index in [1.54, 1.807) is 0 Å². The fourth-order valence-electron chi connectivity index (χ4n) is 9.74. The lowest BCUT2D eigenvalue weighted by Gasteiger charge is -2.19. The van der Waals surface area contributed by atoms with Crippen LogP contribution in [-0.2, 0) is 0 Å². The first kappa shape index (κ1) is 29.5. The van der Waals surface area contributed by atoms with Crippen LogP contribution in [0.1, 0.15) is 0 Å². The molecule has 0 saturated carbocycles. The summed E-state index contributed by atoms with van der Waals surface area (Å²) >= 11 is 0. The maximum absolute atomic E-state index is 2.53. The molecule has 12 aromatic carbocycles. The smallest absolute Gasteiger partial charge is 0.000719 e. The largest absolute Gasteiger partial charge is 0.0622 e. The molecule has 0 amide bonds. The van der Waals surface area contributed by atoms with E-state index in [2.05, 4.69) is 194 Å². The predicted molar refractivity (Wildman–Crippen MR) is 233 cm³/mol. The molecule has 0 unspecified atom stereocenters. The minimum Gasteiger partial charge on any atom is -0.0622 e. The average molecular weight is 681 g/mol. The number of hydrogen-bond donors (Lipinski definition) is 0. The van der Waals surface area contributed by atoms with Gasteiger partial charge in [-0.15, -0.1) is 0 Å². The van der Waals surface area contributed by atoms with Crippen molar-refractivity contribution in [2.75, 3.05) is 0 Å². The summed E-state index contributed by atoms with van der Waals surface area (Å²) < 4.78 is 0. The molecule has 54 heavy (non-hydrogen) atoms. The molecule has 0 saturated heterocycles. The van der Waals surface area contributed by atoms with E-state index in [0.717, 1.165) is 0 Å². The Balaban J connectivity index is 1.34. The lowest BCUT2D eigenvalue weighted by molar-refractivity contribution is 1.66. The Morgan fingerprint density at radius 3 is 1.37 bits per heavy atom. The average Bonchev–Trinajstić information content (AvgIpc) is 3.75. The van der Waals surface area contributed by atoms with Gasteiger partial charge >= 0.3 is 0 Å². The predicted octanol–water partition coefficient (Wildman–Crippen LogP) is 15.3. The van der Waals surface area contributed by atoms with E-state index in [1.807, 2.05) is 0 Å². The summed E-state index contributed by atoms with van der Waals surface area (Å²) in [4.78, 5) is 0. The van der Waals surface area contributed by atoms with Gasteiger partial charge in [0, 0.05) is 0 Å². The van der Waals surface area contributed by atoms with E-state index in [-0.39, 0.29) is 0 Å². The third-order valence-corrected chi connectivity index (χ3v) is 11.9. The van der Waals surface area contributed by atoms with Crippen molar-refractivity contribution in [1.82, 2.24) is 0 Å². The van der Waals surface area contributed by atoms with Crippen LogP contribution in [0.15, 0.2) is 194 Å². The van der Waals surface area contributed by atoms with Crippen molar-refractivity contribution in [3.63, 3.8) is 0 Å². The third kappa shape index (κ3) is 4.03. The lowest BCUT2D eigenvalue weighted by Crippen LogP contribution is -1.91. The van der Waals surface area contributed by atoms with Crippen LogP contribution in [0.2, 0.25) is 0 Å². The molecule has 0 atom stereocenters. The zero-order valence-electron chi connectivity index (χ0n) is 29.5. The molecule has 0 aromatic heterocycles. The lowest BCUT2D eigenvalue weighted by atomic mass is 9.84. The molecular formula is C54H32. The Hall–Kier alpha value is -7.02. The van der Waals surface area contributed by atoms with E-state index in [4.69, 9.17) is 0 Å². The number of hydrogen-bond acceptors (Lipinski definition) is 0. The first-order valence-electron chi connectivity index (χ1n) is 18.9. The van der Waals surface area contributed by atoms with Crippen molar-refractivity contribution in [2.45, 2.75) is 0 Å². The van der Waals surface area contributed by atoms with Crippen LogP contribution in [0.25, 0.3) is 120 Å². The van der Waals surface area contributed by atoms with Gasteiger partial charge in [0.1, 0.15) is 0 Å². The molecule has 0 fully saturated rings. The van der Waals surface area contributed by atoms with Gasteiger partial charge in [0.15, 0.2) is 0 Å². The van der Waals surface area contributed by atoms with Crippen LogP contribution in [0, 0.1) is 0 Å². The number of benzene rings is 10. The van der Waals surface area contributed by atoms with Gasteiger partial charge in [-0.3, -0.25) is 0 Å². The minimum absolute atomic E-state index is 1.24. The highest BCUT2D eigenvalue weighted by Crippen LogP contribution is 2.55. The van der Waals surface area contributed by atoms with Gasteiger partial charge in [-0.2, -0.15) is 0 Å². The molecular weight excluding hydrogens is 649 g/mol. The molecule has 0 heteroatoms. The third-order valence-electron chi connectivity index (χ3n) is 11.9. The molecule has 12 rings (SSSR count). The molecule has 0 nitrogen and oxygen atoms in total. The Labute approximate surface area is 312 Å². The molecule has 0 N–H and O–H groups in total. The summed E-state index contributed by atoms with van der Waals surface area (Å²) in [5.74, 6) is 0. The quantitative estimate of drug-likeness (QED) is 0.162. The molecule has 12 aromatic rings. The van der Waals surface area contributed by atoms with Gasteiger partial charge in [-0.05, 0) is 132 Å². The fraction of sp³-hybridized carbons (Fsp3) is 0. The standard InChI is InChI=1S/C54H32/c1-5-15-33(16-6-1)37-27-28-39-45(31-37)41-24-14-25-42-51(41)46(39)32-47-48(35-19-9-3-10-20-35)53-44-30-29-38(34-17-7-2-8-18-34)40-23-13-26-43(50(40)44)54(53)49(52(42)47)36-21-11-4-12-22-36/h1-32H. The van der Waals surface area contributed by atoms with Crippen molar-refractivity contribution < 1.29 is 0 Å². The van der Waals surface area contributed by atoms with Gasteiger partial charge in [-0.1, -0.05) is 182 Å². The molecule has 0 aliphatic carbocycles. The van der Waals surface area contributed by atoms with Gasteiger partial charge < -0.3 is 0 Å². The molecule has 0 spiro atoms. The highest BCUT2D eigenvalue weighted by molar-refractivity contribution is 6.45. The van der Waals surface area contributed by atoms with Crippen molar-refractivity contribution in [1.29, 1.82) is 0 Å². The van der Waals surface area contributed by atoms with Crippen LogP contribution in [-0.4, -0.2) is 0 Å². The Kier molecular flexibility index (Phi) is 6.15. The minimum atomic E-state index is 1.24. The van der Waals surface area contributed by atoms with Crippen LogP contribution in [0.5, 0.6) is 0 Å². The van der Waals surface area contributed by atoms with Crippen molar-refractivity contribution in [3.8, 4) is 44.5 Å². The highest BCUT2D eigenvalue weighted by Gasteiger charge is 2.27. The Morgan fingerprint density at radius 1 is 0.185 bits per heavy atom. The summed E-state index contributed by atoms with van der Waals surface area (Å²) in [6, 6.07) is 72.1. The monoisotopic (exact) mass is 680 g/mol. The van der Waals surface area contributed by atoms with Crippen LogP contribution >= 0.6 is 0 Å².